The molecular weight excluding hydrogens is 280 g/mol. The van der Waals surface area contributed by atoms with Crippen LogP contribution in [0.15, 0.2) is 48.7 Å². The smallest absolute Gasteiger partial charge is 0.229 e. The molecule has 0 bridgehead atoms. The van der Waals surface area contributed by atoms with Crippen LogP contribution in [-0.2, 0) is 16.1 Å². The summed E-state index contributed by atoms with van der Waals surface area (Å²) in [7, 11) is 0. The second-order valence-electron chi connectivity index (χ2n) is 5.21. The van der Waals surface area contributed by atoms with Gasteiger partial charge in [0.2, 0.25) is 11.8 Å². The van der Waals surface area contributed by atoms with Gasteiger partial charge in [0.05, 0.1) is 12.5 Å². The SMILES string of the molecule is O=C(Nc1ccnc(OCc2ccccc2)c1)C1CCOC1. The molecule has 1 N–H and O–H groups in total. The molecule has 5 nitrogen and oxygen atoms in total. The summed E-state index contributed by atoms with van der Waals surface area (Å²) in [6.07, 6.45) is 2.40. The zero-order valence-electron chi connectivity index (χ0n) is 12.2. The third kappa shape index (κ3) is 3.83. The molecule has 1 saturated heterocycles. The number of carbonyl (C=O) groups excluding carboxylic acids is 1. The Morgan fingerprint density at radius 2 is 2.18 bits per heavy atom. The molecule has 3 rings (SSSR count). The van der Waals surface area contributed by atoms with Gasteiger partial charge in [0, 0.05) is 24.6 Å². The fraction of sp³-hybridized carbons (Fsp3) is 0.294. The maximum Gasteiger partial charge on any atom is 0.229 e. The average molecular weight is 298 g/mol. The summed E-state index contributed by atoms with van der Waals surface area (Å²) in [5, 5.41) is 2.88. The first-order chi connectivity index (χ1) is 10.8. The van der Waals surface area contributed by atoms with E-state index in [1.165, 1.54) is 0 Å². The number of anilines is 1. The molecule has 1 unspecified atom stereocenters. The zero-order chi connectivity index (χ0) is 15.2. The van der Waals surface area contributed by atoms with Crippen LogP contribution < -0.4 is 10.1 Å². The van der Waals surface area contributed by atoms with Gasteiger partial charge >= 0.3 is 0 Å². The molecule has 1 aliphatic heterocycles. The van der Waals surface area contributed by atoms with Crippen molar-refractivity contribution in [1.82, 2.24) is 4.98 Å². The van der Waals surface area contributed by atoms with E-state index < -0.39 is 0 Å². The number of aromatic nitrogens is 1. The van der Waals surface area contributed by atoms with Crippen LogP contribution >= 0.6 is 0 Å². The van der Waals surface area contributed by atoms with Crippen LogP contribution in [0.3, 0.4) is 0 Å². The van der Waals surface area contributed by atoms with Crippen molar-refractivity contribution in [2.75, 3.05) is 18.5 Å². The lowest BCUT2D eigenvalue weighted by Gasteiger charge is -2.10. The van der Waals surface area contributed by atoms with E-state index in [2.05, 4.69) is 10.3 Å². The van der Waals surface area contributed by atoms with Gasteiger partial charge < -0.3 is 14.8 Å². The van der Waals surface area contributed by atoms with Crippen molar-refractivity contribution >= 4 is 11.6 Å². The molecule has 22 heavy (non-hydrogen) atoms. The lowest BCUT2D eigenvalue weighted by Crippen LogP contribution is -2.22. The summed E-state index contributed by atoms with van der Waals surface area (Å²) in [5.74, 6) is 0.406. The monoisotopic (exact) mass is 298 g/mol. The van der Waals surface area contributed by atoms with E-state index >= 15 is 0 Å². The lowest BCUT2D eigenvalue weighted by atomic mass is 10.1. The van der Waals surface area contributed by atoms with E-state index in [-0.39, 0.29) is 11.8 Å². The number of hydrogen-bond acceptors (Lipinski definition) is 4. The zero-order valence-corrected chi connectivity index (χ0v) is 12.2. The summed E-state index contributed by atoms with van der Waals surface area (Å²) >= 11 is 0. The van der Waals surface area contributed by atoms with Crippen LogP contribution in [0.1, 0.15) is 12.0 Å². The molecule has 5 heteroatoms. The third-order valence-corrected chi connectivity index (χ3v) is 3.53. The molecule has 0 aliphatic carbocycles. The molecule has 1 aromatic carbocycles. The largest absolute Gasteiger partial charge is 0.473 e. The second-order valence-corrected chi connectivity index (χ2v) is 5.21. The molecule has 1 aromatic heterocycles. The minimum absolute atomic E-state index is 0.0160. The molecule has 114 valence electrons. The first-order valence-electron chi connectivity index (χ1n) is 7.32. The number of nitrogens with zero attached hydrogens (tertiary/aromatic N) is 1. The van der Waals surface area contributed by atoms with Crippen molar-refractivity contribution in [3.05, 3.63) is 54.2 Å². The molecule has 1 fully saturated rings. The molecule has 1 atom stereocenters. The number of carbonyl (C=O) groups is 1. The predicted molar refractivity (Wildman–Crippen MR) is 82.6 cm³/mol. The highest BCUT2D eigenvalue weighted by atomic mass is 16.5. The number of nitrogens with one attached hydrogen (secondary N) is 1. The van der Waals surface area contributed by atoms with Crippen molar-refractivity contribution in [1.29, 1.82) is 0 Å². The van der Waals surface area contributed by atoms with Crippen molar-refractivity contribution in [2.45, 2.75) is 13.0 Å². The number of amides is 1. The van der Waals surface area contributed by atoms with E-state index in [0.717, 1.165) is 12.0 Å². The maximum atomic E-state index is 12.1. The van der Waals surface area contributed by atoms with Crippen LogP contribution in [0.5, 0.6) is 5.88 Å². The number of pyridine rings is 1. The normalized spacial score (nSPS) is 17.2. The van der Waals surface area contributed by atoms with Crippen LogP contribution in [0.2, 0.25) is 0 Å². The fourth-order valence-corrected chi connectivity index (χ4v) is 2.28. The minimum atomic E-state index is -0.0677. The van der Waals surface area contributed by atoms with Gasteiger partial charge in [-0.1, -0.05) is 30.3 Å². The Kier molecular flexibility index (Phi) is 4.65. The van der Waals surface area contributed by atoms with E-state index in [4.69, 9.17) is 9.47 Å². The third-order valence-electron chi connectivity index (χ3n) is 3.53. The summed E-state index contributed by atoms with van der Waals surface area (Å²) in [6, 6.07) is 13.4. The second kappa shape index (κ2) is 7.04. The topological polar surface area (TPSA) is 60.5 Å². The van der Waals surface area contributed by atoms with Gasteiger partial charge in [-0.3, -0.25) is 4.79 Å². The quantitative estimate of drug-likeness (QED) is 0.922. The summed E-state index contributed by atoms with van der Waals surface area (Å²) in [4.78, 5) is 16.2. The Morgan fingerprint density at radius 1 is 1.32 bits per heavy atom. The van der Waals surface area contributed by atoms with E-state index in [1.54, 1.807) is 18.3 Å². The lowest BCUT2D eigenvalue weighted by molar-refractivity contribution is -0.119. The molecule has 2 heterocycles. The van der Waals surface area contributed by atoms with Gasteiger partial charge in [-0.25, -0.2) is 4.98 Å². The Labute approximate surface area is 129 Å². The van der Waals surface area contributed by atoms with Crippen molar-refractivity contribution in [3.63, 3.8) is 0 Å². The maximum absolute atomic E-state index is 12.1. The standard InChI is InChI=1S/C17H18N2O3/c20-17(14-7-9-21-12-14)19-15-6-8-18-16(10-15)22-11-13-4-2-1-3-5-13/h1-6,8,10,14H,7,9,11-12H2,(H,18,19,20). The van der Waals surface area contributed by atoms with E-state index in [0.29, 0.717) is 31.4 Å². The van der Waals surface area contributed by atoms with E-state index in [1.807, 2.05) is 30.3 Å². The molecule has 0 saturated carbocycles. The van der Waals surface area contributed by atoms with Crippen molar-refractivity contribution in [3.8, 4) is 5.88 Å². The number of ether oxygens (including phenoxy) is 2. The summed E-state index contributed by atoms with van der Waals surface area (Å²) in [5.41, 5.74) is 1.76. The number of benzene rings is 1. The predicted octanol–water partition coefficient (Wildman–Crippen LogP) is 2.64. The van der Waals surface area contributed by atoms with Crippen molar-refractivity contribution in [2.24, 2.45) is 5.92 Å². The molecule has 0 radical (unpaired) electrons. The Balaban J connectivity index is 1.58. The van der Waals surface area contributed by atoms with Gasteiger partial charge in [-0.2, -0.15) is 0 Å². The Morgan fingerprint density at radius 3 is 2.95 bits per heavy atom. The first kappa shape index (κ1) is 14.5. The highest BCUT2D eigenvalue weighted by molar-refractivity contribution is 5.92. The van der Waals surface area contributed by atoms with Crippen LogP contribution in [0, 0.1) is 5.92 Å². The molecule has 1 aliphatic rings. The van der Waals surface area contributed by atoms with Gasteiger partial charge in [0.25, 0.3) is 0 Å². The van der Waals surface area contributed by atoms with Crippen LogP contribution in [-0.4, -0.2) is 24.1 Å². The first-order valence-corrected chi connectivity index (χ1v) is 7.32. The Hall–Kier alpha value is -2.40. The van der Waals surface area contributed by atoms with Gasteiger partial charge in [0.15, 0.2) is 0 Å². The molecule has 0 spiro atoms. The fourth-order valence-electron chi connectivity index (χ4n) is 2.28. The number of hydrogen-bond donors (Lipinski definition) is 1. The van der Waals surface area contributed by atoms with Gasteiger partial charge in [-0.05, 0) is 18.1 Å². The number of rotatable bonds is 5. The summed E-state index contributed by atoms with van der Waals surface area (Å²) < 4.78 is 10.9. The molecular formula is C17H18N2O3. The van der Waals surface area contributed by atoms with Crippen molar-refractivity contribution < 1.29 is 14.3 Å². The molecule has 2 aromatic rings. The molecule has 1 amide bonds. The van der Waals surface area contributed by atoms with Crippen LogP contribution in [0.25, 0.3) is 0 Å². The highest BCUT2D eigenvalue weighted by Gasteiger charge is 2.23. The Bertz CT molecular complexity index is 625. The average Bonchev–Trinajstić information content (AvgIpc) is 3.09. The summed E-state index contributed by atoms with van der Waals surface area (Å²) in [6.45, 7) is 1.59. The van der Waals surface area contributed by atoms with Gasteiger partial charge in [0.1, 0.15) is 6.61 Å². The van der Waals surface area contributed by atoms with Gasteiger partial charge in [-0.15, -0.1) is 0 Å². The highest BCUT2D eigenvalue weighted by Crippen LogP contribution is 2.19. The minimum Gasteiger partial charge on any atom is -0.473 e. The van der Waals surface area contributed by atoms with Crippen LogP contribution in [0.4, 0.5) is 5.69 Å². The van der Waals surface area contributed by atoms with E-state index in [9.17, 15) is 4.79 Å².